The van der Waals surface area contributed by atoms with E-state index in [-0.39, 0.29) is 18.4 Å². The summed E-state index contributed by atoms with van der Waals surface area (Å²) in [6, 6.07) is 30.1. The molecule has 0 radical (unpaired) electrons. The predicted octanol–water partition coefficient (Wildman–Crippen LogP) is 6.34. The lowest BCUT2D eigenvalue weighted by Crippen LogP contribution is -2.48. The summed E-state index contributed by atoms with van der Waals surface area (Å²) in [6.07, 6.45) is 1.21. The van der Waals surface area contributed by atoms with Gasteiger partial charge in [-0.15, -0.1) is 0 Å². The number of carbonyl (C=O) groups excluding carboxylic acids is 2. The maximum atomic E-state index is 13.7. The summed E-state index contributed by atoms with van der Waals surface area (Å²) in [5.41, 5.74) is 4.74. The summed E-state index contributed by atoms with van der Waals surface area (Å²) in [5.74, 6) is 1.08. The molecular formula is C40H49N3O5. The topological polar surface area (TPSA) is 100 Å². The van der Waals surface area contributed by atoms with Gasteiger partial charge in [-0.05, 0) is 90.9 Å². The van der Waals surface area contributed by atoms with E-state index in [0.717, 1.165) is 46.6 Å². The fourth-order valence-electron chi connectivity index (χ4n) is 5.62. The van der Waals surface area contributed by atoms with Crippen LogP contribution < -0.4 is 20.1 Å². The highest BCUT2D eigenvalue weighted by Gasteiger charge is 2.24. The minimum atomic E-state index is -0.899. The van der Waals surface area contributed by atoms with Crippen LogP contribution in [0.15, 0.2) is 97.1 Å². The standard InChI is InChI=1S/C40H49N3O5/c1-5-19-43(20-6-2)40(46)34-22-29(3)21-33(25-34)39(45)42-37(38(44)27-41-26-32-13-10-14-36(23-32)47-4)24-30-15-17-35(18-16-30)48-28-31-11-8-7-9-12-31/h7-18,21-23,25,37-38,41,44H,5-6,19-20,24,26-28H2,1-4H3,(H,42,45)/t37-,38+/m0/s1. The number of amides is 2. The van der Waals surface area contributed by atoms with E-state index in [1.54, 1.807) is 19.2 Å². The van der Waals surface area contributed by atoms with Crippen LogP contribution in [0.2, 0.25) is 0 Å². The molecule has 0 saturated heterocycles. The molecule has 8 heteroatoms. The summed E-state index contributed by atoms with van der Waals surface area (Å²) < 4.78 is 11.3. The molecular weight excluding hydrogens is 602 g/mol. The third kappa shape index (κ3) is 11.0. The number of methoxy groups -OCH3 is 1. The Morgan fingerprint density at radius 2 is 1.48 bits per heavy atom. The van der Waals surface area contributed by atoms with Gasteiger partial charge in [0.1, 0.15) is 18.1 Å². The molecule has 0 heterocycles. The molecule has 0 bridgehead atoms. The molecule has 8 nitrogen and oxygen atoms in total. The van der Waals surface area contributed by atoms with Crippen molar-refractivity contribution in [2.75, 3.05) is 26.7 Å². The summed E-state index contributed by atoms with van der Waals surface area (Å²) in [6.45, 7) is 8.55. The molecule has 4 aromatic carbocycles. The molecule has 0 unspecified atom stereocenters. The van der Waals surface area contributed by atoms with E-state index in [1.165, 1.54) is 0 Å². The number of ether oxygens (including phenoxy) is 2. The average Bonchev–Trinajstić information content (AvgIpc) is 3.10. The second-order valence-electron chi connectivity index (χ2n) is 12.1. The number of nitrogens with one attached hydrogen (secondary N) is 2. The molecule has 0 aliphatic rings. The monoisotopic (exact) mass is 651 g/mol. The van der Waals surface area contributed by atoms with Crippen molar-refractivity contribution in [1.82, 2.24) is 15.5 Å². The maximum absolute atomic E-state index is 13.7. The Bertz CT molecular complexity index is 1590. The Labute approximate surface area is 285 Å². The lowest BCUT2D eigenvalue weighted by atomic mass is 9.99. The fourth-order valence-corrected chi connectivity index (χ4v) is 5.62. The van der Waals surface area contributed by atoms with Crippen molar-refractivity contribution in [3.8, 4) is 11.5 Å². The van der Waals surface area contributed by atoms with Crippen LogP contribution in [0.3, 0.4) is 0 Å². The fraction of sp³-hybridized carbons (Fsp3) is 0.350. The number of carbonyl (C=O) groups is 2. The van der Waals surface area contributed by atoms with Crippen molar-refractivity contribution >= 4 is 11.8 Å². The molecule has 0 aliphatic carbocycles. The number of benzene rings is 4. The molecule has 4 rings (SSSR count). The van der Waals surface area contributed by atoms with Gasteiger partial charge in [0.25, 0.3) is 11.8 Å². The molecule has 48 heavy (non-hydrogen) atoms. The predicted molar refractivity (Wildman–Crippen MR) is 191 cm³/mol. The zero-order valence-corrected chi connectivity index (χ0v) is 28.6. The zero-order chi connectivity index (χ0) is 34.3. The number of aliphatic hydroxyl groups excluding tert-OH is 1. The van der Waals surface area contributed by atoms with Gasteiger partial charge in [-0.3, -0.25) is 9.59 Å². The van der Waals surface area contributed by atoms with Crippen molar-refractivity contribution < 1.29 is 24.2 Å². The van der Waals surface area contributed by atoms with Crippen LogP contribution in [0.1, 0.15) is 69.7 Å². The van der Waals surface area contributed by atoms with E-state index in [0.29, 0.717) is 43.8 Å². The summed E-state index contributed by atoms with van der Waals surface area (Å²) in [7, 11) is 1.63. The minimum absolute atomic E-state index is 0.0793. The number of aryl methyl sites for hydroxylation is 1. The number of hydrogen-bond acceptors (Lipinski definition) is 6. The van der Waals surface area contributed by atoms with Gasteiger partial charge in [-0.1, -0.05) is 68.4 Å². The van der Waals surface area contributed by atoms with Crippen LogP contribution >= 0.6 is 0 Å². The van der Waals surface area contributed by atoms with Crippen LogP contribution in [0, 0.1) is 6.92 Å². The lowest BCUT2D eigenvalue weighted by molar-refractivity contribution is 0.0755. The first-order valence-corrected chi connectivity index (χ1v) is 16.8. The van der Waals surface area contributed by atoms with Gasteiger partial charge in [-0.25, -0.2) is 0 Å². The van der Waals surface area contributed by atoms with E-state index in [1.807, 2.05) is 111 Å². The smallest absolute Gasteiger partial charge is 0.253 e. The molecule has 0 spiro atoms. The van der Waals surface area contributed by atoms with E-state index >= 15 is 0 Å². The van der Waals surface area contributed by atoms with Gasteiger partial charge in [0.05, 0.1) is 19.3 Å². The minimum Gasteiger partial charge on any atom is -0.497 e. The first-order valence-electron chi connectivity index (χ1n) is 16.8. The van der Waals surface area contributed by atoms with Crippen molar-refractivity contribution in [2.45, 2.75) is 65.3 Å². The second kappa shape index (κ2) is 18.6. The van der Waals surface area contributed by atoms with Gasteiger partial charge in [0, 0.05) is 37.3 Å². The first-order chi connectivity index (χ1) is 23.3. The van der Waals surface area contributed by atoms with Gasteiger partial charge in [-0.2, -0.15) is 0 Å². The van der Waals surface area contributed by atoms with Gasteiger partial charge < -0.3 is 30.1 Å². The SMILES string of the molecule is CCCN(CCC)C(=O)c1cc(C)cc(C(=O)N[C@@H](Cc2ccc(OCc3ccccc3)cc2)[C@H](O)CNCc2cccc(OC)c2)c1. The zero-order valence-electron chi connectivity index (χ0n) is 28.6. The maximum Gasteiger partial charge on any atom is 0.253 e. The molecule has 2 atom stereocenters. The Balaban J connectivity index is 1.49. The van der Waals surface area contributed by atoms with Crippen LogP contribution in [0.25, 0.3) is 0 Å². The summed E-state index contributed by atoms with van der Waals surface area (Å²) >= 11 is 0. The Kier molecular flexibility index (Phi) is 14.0. The highest BCUT2D eigenvalue weighted by molar-refractivity contribution is 6.00. The third-order valence-electron chi connectivity index (χ3n) is 8.09. The molecule has 3 N–H and O–H groups in total. The van der Waals surface area contributed by atoms with Gasteiger partial charge >= 0.3 is 0 Å². The first kappa shape index (κ1) is 36.2. The highest BCUT2D eigenvalue weighted by Crippen LogP contribution is 2.18. The molecule has 254 valence electrons. The van der Waals surface area contributed by atoms with Crippen molar-refractivity contribution in [2.24, 2.45) is 0 Å². The van der Waals surface area contributed by atoms with E-state index in [9.17, 15) is 14.7 Å². The second-order valence-corrected chi connectivity index (χ2v) is 12.1. The highest BCUT2D eigenvalue weighted by atomic mass is 16.5. The third-order valence-corrected chi connectivity index (χ3v) is 8.09. The van der Waals surface area contributed by atoms with Gasteiger partial charge in [0.2, 0.25) is 0 Å². The largest absolute Gasteiger partial charge is 0.497 e. The number of hydrogen-bond donors (Lipinski definition) is 3. The number of nitrogens with zero attached hydrogens (tertiary/aromatic N) is 1. The van der Waals surface area contributed by atoms with Crippen molar-refractivity contribution in [3.63, 3.8) is 0 Å². The summed E-state index contributed by atoms with van der Waals surface area (Å²) in [4.78, 5) is 29.0. The lowest BCUT2D eigenvalue weighted by Gasteiger charge is -2.25. The normalized spacial score (nSPS) is 12.2. The average molecular weight is 652 g/mol. The van der Waals surface area contributed by atoms with Crippen LogP contribution in [0.4, 0.5) is 0 Å². The van der Waals surface area contributed by atoms with Crippen molar-refractivity contribution in [1.29, 1.82) is 0 Å². The van der Waals surface area contributed by atoms with Crippen LogP contribution in [-0.4, -0.2) is 60.7 Å². The van der Waals surface area contributed by atoms with E-state index in [2.05, 4.69) is 10.6 Å². The van der Waals surface area contributed by atoms with Crippen molar-refractivity contribution in [3.05, 3.63) is 130 Å². The van der Waals surface area contributed by atoms with E-state index in [4.69, 9.17) is 9.47 Å². The van der Waals surface area contributed by atoms with E-state index < -0.39 is 12.1 Å². The molecule has 4 aromatic rings. The number of aliphatic hydroxyl groups is 1. The van der Waals surface area contributed by atoms with Crippen LogP contribution in [0.5, 0.6) is 11.5 Å². The molecule has 0 aromatic heterocycles. The Morgan fingerprint density at radius 3 is 2.17 bits per heavy atom. The quantitative estimate of drug-likeness (QED) is 0.116. The molecule has 0 fully saturated rings. The Hall–Kier alpha value is -4.66. The Morgan fingerprint density at radius 1 is 0.792 bits per heavy atom. The molecule has 0 saturated carbocycles. The molecule has 0 aliphatic heterocycles. The summed E-state index contributed by atoms with van der Waals surface area (Å²) in [5, 5.41) is 17.8. The number of rotatable bonds is 18. The van der Waals surface area contributed by atoms with Crippen LogP contribution in [-0.2, 0) is 19.6 Å². The molecule has 2 amide bonds. The van der Waals surface area contributed by atoms with Gasteiger partial charge in [0.15, 0.2) is 0 Å².